The molecular formula is C23H32N4O3. The maximum Gasteiger partial charge on any atom is 0.319 e. The zero-order valence-electron chi connectivity index (χ0n) is 18.2. The van der Waals surface area contributed by atoms with Crippen LogP contribution in [0.15, 0.2) is 48.5 Å². The van der Waals surface area contributed by atoms with Crippen LogP contribution in [0.25, 0.3) is 0 Å². The van der Waals surface area contributed by atoms with E-state index in [1.807, 2.05) is 14.1 Å². The molecular weight excluding hydrogens is 380 g/mol. The molecule has 0 saturated carbocycles. The normalized spacial score (nSPS) is 11.6. The van der Waals surface area contributed by atoms with Gasteiger partial charge in [-0.3, -0.25) is 4.79 Å². The van der Waals surface area contributed by atoms with Crippen molar-refractivity contribution in [1.82, 2.24) is 15.5 Å². The van der Waals surface area contributed by atoms with E-state index in [1.165, 1.54) is 5.56 Å². The van der Waals surface area contributed by atoms with Gasteiger partial charge in [0.15, 0.2) is 0 Å². The number of anilines is 1. The first-order valence-electron chi connectivity index (χ1n) is 10.1. The van der Waals surface area contributed by atoms with E-state index in [-0.39, 0.29) is 30.9 Å². The summed E-state index contributed by atoms with van der Waals surface area (Å²) >= 11 is 0. The van der Waals surface area contributed by atoms with Gasteiger partial charge in [0.2, 0.25) is 5.91 Å². The number of carbonyl (C=O) groups is 2. The molecule has 1 unspecified atom stereocenters. The Morgan fingerprint density at radius 1 is 1.00 bits per heavy atom. The van der Waals surface area contributed by atoms with E-state index in [0.29, 0.717) is 12.2 Å². The second kappa shape index (κ2) is 11.8. The Kier molecular flexibility index (Phi) is 9.15. The summed E-state index contributed by atoms with van der Waals surface area (Å²) < 4.78 is 5.08. The van der Waals surface area contributed by atoms with E-state index >= 15 is 0 Å². The number of hydrogen-bond donors (Lipinski definition) is 3. The molecule has 7 nitrogen and oxygen atoms in total. The molecule has 3 amide bonds. The third-order valence-corrected chi connectivity index (χ3v) is 4.87. The van der Waals surface area contributed by atoms with Crippen LogP contribution >= 0.6 is 0 Å². The van der Waals surface area contributed by atoms with Crippen LogP contribution in [0.1, 0.15) is 30.5 Å². The number of amides is 3. The topological polar surface area (TPSA) is 82.7 Å². The minimum Gasteiger partial charge on any atom is -0.497 e. The summed E-state index contributed by atoms with van der Waals surface area (Å²) in [6.07, 6.45) is 1.22. The van der Waals surface area contributed by atoms with Crippen molar-refractivity contribution in [1.29, 1.82) is 0 Å². The Hall–Kier alpha value is -3.06. The predicted octanol–water partition coefficient (Wildman–Crippen LogP) is 3.19. The smallest absolute Gasteiger partial charge is 0.319 e. The Morgan fingerprint density at radius 3 is 2.23 bits per heavy atom. The van der Waals surface area contributed by atoms with Gasteiger partial charge in [0.05, 0.1) is 13.2 Å². The third kappa shape index (κ3) is 7.40. The van der Waals surface area contributed by atoms with Gasteiger partial charge in [-0.25, -0.2) is 4.79 Å². The van der Waals surface area contributed by atoms with Gasteiger partial charge in [-0.15, -0.1) is 0 Å². The summed E-state index contributed by atoms with van der Waals surface area (Å²) in [5.74, 6) is 0.617. The van der Waals surface area contributed by atoms with E-state index in [4.69, 9.17) is 4.74 Å². The molecule has 0 aliphatic rings. The summed E-state index contributed by atoms with van der Waals surface area (Å²) in [6, 6.07) is 15.2. The molecule has 0 aromatic heterocycles. The van der Waals surface area contributed by atoms with Crippen molar-refractivity contribution in [2.45, 2.75) is 25.8 Å². The van der Waals surface area contributed by atoms with Gasteiger partial charge in [0.25, 0.3) is 0 Å². The van der Waals surface area contributed by atoms with Gasteiger partial charge in [-0.05, 0) is 55.9 Å². The number of hydrogen-bond acceptors (Lipinski definition) is 4. The summed E-state index contributed by atoms with van der Waals surface area (Å²) in [6.45, 7) is 2.89. The highest BCUT2D eigenvalue weighted by atomic mass is 16.5. The molecule has 0 fully saturated rings. The van der Waals surface area contributed by atoms with E-state index in [2.05, 4.69) is 52.0 Å². The zero-order chi connectivity index (χ0) is 21.9. The Labute approximate surface area is 178 Å². The fourth-order valence-electron chi connectivity index (χ4n) is 3.01. The van der Waals surface area contributed by atoms with Gasteiger partial charge < -0.3 is 25.6 Å². The summed E-state index contributed by atoms with van der Waals surface area (Å²) in [4.78, 5) is 26.2. The standard InChI is InChI=1S/C23H32N4O3/c1-5-17-6-8-18(9-7-17)21(27(2)3)16-25-22(28)14-15-24-23(29)26-19-10-12-20(30-4)13-11-19/h6-13,21H,5,14-16H2,1-4H3,(H,25,28)(H2,24,26,29). The van der Waals surface area contributed by atoms with Crippen molar-refractivity contribution in [3.8, 4) is 5.75 Å². The number of benzene rings is 2. The van der Waals surface area contributed by atoms with Crippen LogP contribution in [-0.2, 0) is 11.2 Å². The van der Waals surface area contributed by atoms with Gasteiger partial charge in [-0.1, -0.05) is 31.2 Å². The number of urea groups is 1. The van der Waals surface area contributed by atoms with E-state index in [1.54, 1.807) is 31.4 Å². The zero-order valence-corrected chi connectivity index (χ0v) is 18.2. The molecule has 30 heavy (non-hydrogen) atoms. The molecule has 0 bridgehead atoms. The molecule has 0 aliphatic carbocycles. The fraction of sp³-hybridized carbons (Fsp3) is 0.391. The number of rotatable bonds is 10. The highest BCUT2D eigenvalue weighted by Crippen LogP contribution is 2.18. The number of nitrogens with zero attached hydrogens (tertiary/aromatic N) is 1. The lowest BCUT2D eigenvalue weighted by molar-refractivity contribution is -0.121. The number of aryl methyl sites for hydroxylation is 1. The lowest BCUT2D eigenvalue weighted by Gasteiger charge is -2.25. The minimum absolute atomic E-state index is 0.0891. The largest absolute Gasteiger partial charge is 0.497 e. The third-order valence-electron chi connectivity index (χ3n) is 4.87. The molecule has 1 atom stereocenters. The quantitative estimate of drug-likeness (QED) is 0.560. The van der Waals surface area contributed by atoms with Crippen LogP contribution in [0.2, 0.25) is 0 Å². The second-order valence-electron chi connectivity index (χ2n) is 7.24. The maximum absolute atomic E-state index is 12.2. The molecule has 3 N–H and O–H groups in total. The van der Waals surface area contributed by atoms with E-state index in [9.17, 15) is 9.59 Å². The van der Waals surface area contributed by atoms with Gasteiger partial charge in [0.1, 0.15) is 5.75 Å². The van der Waals surface area contributed by atoms with Crippen LogP contribution in [0, 0.1) is 0 Å². The Morgan fingerprint density at radius 2 is 1.67 bits per heavy atom. The number of carbonyl (C=O) groups excluding carboxylic acids is 2. The molecule has 0 spiro atoms. The van der Waals surface area contributed by atoms with Crippen molar-refractivity contribution >= 4 is 17.6 Å². The second-order valence-corrected chi connectivity index (χ2v) is 7.24. The number of likely N-dealkylation sites (N-methyl/N-ethyl adjacent to an activating group) is 1. The van der Waals surface area contributed by atoms with Crippen LogP contribution in [0.5, 0.6) is 5.75 Å². The first-order chi connectivity index (χ1) is 14.4. The van der Waals surface area contributed by atoms with Gasteiger partial charge in [-0.2, -0.15) is 0 Å². The molecule has 162 valence electrons. The van der Waals surface area contributed by atoms with Crippen LogP contribution in [-0.4, -0.2) is 51.1 Å². The highest BCUT2D eigenvalue weighted by molar-refractivity contribution is 5.89. The van der Waals surface area contributed by atoms with Crippen LogP contribution < -0.4 is 20.7 Å². The number of ether oxygens (including phenoxy) is 1. The number of nitrogens with one attached hydrogen (secondary N) is 3. The average Bonchev–Trinajstić information content (AvgIpc) is 2.74. The SMILES string of the molecule is CCc1ccc(C(CNC(=O)CCNC(=O)Nc2ccc(OC)cc2)N(C)C)cc1. The first-order valence-corrected chi connectivity index (χ1v) is 10.1. The summed E-state index contributed by atoms with van der Waals surface area (Å²) in [5.41, 5.74) is 3.11. The molecule has 2 aromatic carbocycles. The van der Waals surface area contributed by atoms with Gasteiger partial charge >= 0.3 is 6.03 Å². The fourth-order valence-corrected chi connectivity index (χ4v) is 3.01. The monoisotopic (exact) mass is 412 g/mol. The van der Waals surface area contributed by atoms with Crippen LogP contribution in [0.4, 0.5) is 10.5 Å². The Bertz CT molecular complexity index is 804. The minimum atomic E-state index is -0.352. The molecule has 7 heteroatoms. The van der Waals surface area contributed by atoms with Crippen LogP contribution in [0.3, 0.4) is 0 Å². The molecule has 0 radical (unpaired) electrons. The highest BCUT2D eigenvalue weighted by Gasteiger charge is 2.15. The molecule has 2 aromatic rings. The number of methoxy groups -OCH3 is 1. The van der Waals surface area contributed by atoms with Crippen molar-refractivity contribution in [3.05, 3.63) is 59.7 Å². The average molecular weight is 413 g/mol. The lowest BCUT2D eigenvalue weighted by atomic mass is 10.0. The predicted molar refractivity (Wildman–Crippen MR) is 120 cm³/mol. The van der Waals surface area contributed by atoms with Gasteiger partial charge in [0, 0.05) is 25.2 Å². The van der Waals surface area contributed by atoms with Crippen molar-refractivity contribution < 1.29 is 14.3 Å². The van der Waals surface area contributed by atoms with Crippen molar-refractivity contribution in [2.75, 3.05) is 39.6 Å². The summed E-state index contributed by atoms with van der Waals surface area (Å²) in [5, 5.41) is 8.37. The van der Waals surface area contributed by atoms with E-state index in [0.717, 1.165) is 17.7 Å². The van der Waals surface area contributed by atoms with E-state index < -0.39 is 0 Å². The molecule has 2 rings (SSSR count). The molecule has 0 saturated heterocycles. The first kappa shape index (κ1) is 23.2. The van der Waals surface area contributed by atoms with Crippen molar-refractivity contribution in [2.24, 2.45) is 0 Å². The maximum atomic E-state index is 12.2. The summed E-state index contributed by atoms with van der Waals surface area (Å²) in [7, 11) is 5.58. The molecule has 0 heterocycles. The lowest BCUT2D eigenvalue weighted by Crippen LogP contribution is -2.37. The van der Waals surface area contributed by atoms with Crippen molar-refractivity contribution in [3.63, 3.8) is 0 Å². The molecule has 0 aliphatic heterocycles. The Balaban J connectivity index is 1.73.